The maximum absolute atomic E-state index is 9.67. The third kappa shape index (κ3) is 1.78. The van der Waals surface area contributed by atoms with Crippen molar-refractivity contribution in [2.75, 3.05) is 26.9 Å². The molecule has 0 aromatic heterocycles. The van der Waals surface area contributed by atoms with Crippen molar-refractivity contribution in [2.45, 2.75) is 25.3 Å². The van der Waals surface area contributed by atoms with Crippen molar-refractivity contribution in [1.82, 2.24) is 5.32 Å². The third-order valence-electron chi connectivity index (χ3n) is 4.45. The lowest BCUT2D eigenvalue weighted by Gasteiger charge is -2.46. The number of rotatable bonds is 4. The fraction of sp³-hybridized carbons (Fsp3) is 0.600. The molecule has 1 aromatic carbocycles. The Morgan fingerprint density at radius 1 is 1.33 bits per heavy atom. The average molecular weight is 247 g/mol. The molecule has 1 aliphatic heterocycles. The Hall–Kier alpha value is -0.900. The van der Waals surface area contributed by atoms with E-state index in [-0.39, 0.29) is 18.1 Å². The van der Waals surface area contributed by atoms with Gasteiger partial charge in [-0.25, -0.2) is 0 Å². The smallest absolute Gasteiger partial charge is 0.0596 e. The summed E-state index contributed by atoms with van der Waals surface area (Å²) in [7, 11) is 1.97. The molecule has 0 radical (unpaired) electrons. The molecule has 0 saturated carbocycles. The predicted octanol–water partition coefficient (Wildman–Crippen LogP) is 1.44. The van der Waals surface area contributed by atoms with Crippen LogP contribution in [0.15, 0.2) is 18.2 Å². The number of benzene rings is 1. The molecule has 0 spiro atoms. The zero-order chi connectivity index (χ0) is 12.6. The Bertz CT molecular complexity index is 435. The topological polar surface area (TPSA) is 41.5 Å². The van der Waals surface area contributed by atoms with Gasteiger partial charge in [-0.2, -0.15) is 0 Å². The van der Waals surface area contributed by atoms with Crippen molar-refractivity contribution in [3.63, 3.8) is 0 Å². The number of hydrogen-bond acceptors (Lipinski definition) is 3. The summed E-state index contributed by atoms with van der Waals surface area (Å²) in [5.41, 5.74) is 4.13. The summed E-state index contributed by atoms with van der Waals surface area (Å²) in [6.45, 7) is 1.47. The maximum Gasteiger partial charge on any atom is 0.0596 e. The number of aliphatic hydroxyl groups is 1. The van der Waals surface area contributed by atoms with E-state index in [9.17, 15) is 5.11 Å². The first-order chi connectivity index (χ1) is 8.79. The number of aliphatic hydroxyl groups excluding tert-OH is 1. The Labute approximate surface area is 108 Å². The van der Waals surface area contributed by atoms with Crippen LogP contribution < -0.4 is 5.32 Å². The van der Waals surface area contributed by atoms with Crippen molar-refractivity contribution in [3.8, 4) is 0 Å². The van der Waals surface area contributed by atoms with E-state index in [1.807, 2.05) is 7.05 Å². The minimum absolute atomic E-state index is 0.137. The van der Waals surface area contributed by atoms with E-state index >= 15 is 0 Å². The molecule has 1 aromatic rings. The summed E-state index contributed by atoms with van der Waals surface area (Å²) >= 11 is 0. The monoisotopic (exact) mass is 247 g/mol. The van der Waals surface area contributed by atoms with Gasteiger partial charge in [0.15, 0.2) is 0 Å². The average Bonchev–Trinajstić information content (AvgIpc) is 2.80. The lowest BCUT2D eigenvalue weighted by Crippen LogP contribution is -2.53. The first-order valence-corrected chi connectivity index (χ1v) is 6.77. The Morgan fingerprint density at radius 2 is 2.11 bits per heavy atom. The van der Waals surface area contributed by atoms with Gasteiger partial charge in [0.2, 0.25) is 0 Å². The van der Waals surface area contributed by atoms with Crippen molar-refractivity contribution in [1.29, 1.82) is 0 Å². The molecule has 3 nitrogen and oxygen atoms in total. The molecule has 2 aliphatic rings. The van der Waals surface area contributed by atoms with Crippen molar-refractivity contribution >= 4 is 0 Å². The van der Waals surface area contributed by atoms with E-state index in [0.717, 1.165) is 0 Å². The van der Waals surface area contributed by atoms with Gasteiger partial charge in [-0.15, -0.1) is 0 Å². The van der Waals surface area contributed by atoms with E-state index in [0.29, 0.717) is 13.2 Å². The van der Waals surface area contributed by atoms with Gasteiger partial charge in [0.05, 0.1) is 25.2 Å². The van der Waals surface area contributed by atoms with Crippen LogP contribution in [0, 0.1) is 5.41 Å². The molecule has 1 aliphatic carbocycles. The lowest BCUT2D eigenvalue weighted by atomic mass is 9.75. The van der Waals surface area contributed by atoms with Gasteiger partial charge in [0, 0.05) is 6.04 Å². The van der Waals surface area contributed by atoms with Crippen LogP contribution in [0.4, 0.5) is 0 Å². The van der Waals surface area contributed by atoms with E-state index in [1.165, 1.54) is 36.0 Å². The molecule has 1 fully saturated rings. The third-order valence-corrected chi connectivity index (χ3v) is 4.45. The van der Waals surface area contributed by atoms with Gasteiger partial charge in [-0.05, 0) is 43.0 Å². The van der Waals surface area contributed by atoms with Crippen LogP contribution in [-0.4, -0.2) is 32.0 Å². The van der Waals surface area contributed by atoms with Gasteiger partial charge in [0.25, 0.3) is 0 Å². The second kappa shape index (κ2) is 4.65. The largest absolute Gasteiger partial charge is 0.396 e. The maximum atomic E-state index is 9.67. The number of fused-ring (bicyclic) bond motifs is 1. The summed E-state index contributed by atoms with van der Waals surface area (Å²) in [6, 6.07) is 6.97. The van der Waals surface area contributed by atoms with Crippen molar-refractivity contribution < 1.29 is 9.84 Å². The van der Waals surface area contributed by atoms with Crippen molar-refractivity contribution in [3.05, 3.63) is 34.9 Å². The highest BCUT2D eigenvalue weighted by molar-refractivity contribution is 5.37. The zero-order valence-corrected chi connectivity index (χ0v) is 10.9. The molecule has 1 unspecified atom stereocenters. The summed E-state index contributed by atoms with van der Waals surface area (Å²) < 4.78 is 5.33. The normalized spacial score (nSPS) is 22.3. The fourth-order valence-corrected chi connectivity index (χ4v) is 3.31. The van der Waals surface area contributed by atoms with E-state index in [4.69, 9.17) is 4.74 Å². The summed E-state index contributed by atoms with van der Waals surface area (Å²) in [6.07, 6.45) is 3.69. The highest BCUT2D eigenvalue weighted by Crippen LogP contribution is 2.41. The summed E-state index contributed by atoms with van der Waals surface area (Å²) in [5, 5.41) is 13.0. The van der Waals surface area contributed by atoms with Crippen LogP contribution >= 0.6 is 0 Å². The van der Waals surface area contributed by atoms with Crippen LogP contribution in [0.25, 0.3) is 0 Å². The molecule has 1 atom stereocenters. The molecule has 1 saturated heterocycles. The number of aryl methyl sites for hydroxylation is 2. The van der Waals surface area contributed by atoms with Gasteiger partial charge in [-0.1, -0.05) is 18.2 Å². The van der Waals surface area contributed by atoms with Gasteiger partial charge in [-0.3, -0.25) is 0 Å². The Balaban J connectivity index is 1.92. The van der Waals surface area contributed by atoms with Crippen molar-refractivity contribution in [2.24, 2.45) is 5.41 Å². The molecule has 0 amide bonds. The molecular weight excluding hydrogens is 226 g/mol. The van der Waals surface area contributed by atoms with Crippen LogP contribution in [0.5, 0.6) is 0 Å². The molecule has 3 heteroatoms. The number of nitrogens with one attached hydrogen (secondary N) is 1. The number of ether oxygens (including phenoxy) is 1. The van der Waals surface area contributed by atoms with E-state index in [1.54, 1.807) is 0 Å². The predicted molar refractivity (Wildman–Crippen MR) is 70.6 cm³/mol. The first-order valence-electron chi connectivity index (χ1n) is 6.77. The molecule has 18 heavy (non-hydrogen) atoms. The first kappa shape index (κ1) is 12.2. The molecule has 98 valence electrons. The van der Waals surface area contributed by atoms with Crippen LogP contribution in [0.1, 0.15) is 29.2 Å². The second-order valence-corrected chi connectivity index (χ2v) is 5.62. The summed E-state index contributed by atoms with van der Waals surface area (Å²) in [5.74, 6) is 0. The molecule has 2 N–H and O–H groups in total. The van der Waals surface area contributed by atoms with Gasteiger partial charge < -0.3 is 15.2 Å². The van der Waals surface area contributed by atoms with Gasteiger partial charge >= 0.3 is 0 Å². The molecular formula is C15H21NO2. The quantitative estimate of drug-likeness (QED) is 0.846. The Kier molecular flexibility index (Phi) is 3.14. The van der Waals surface area contributed by atoms with E-state index < -0.39 is 0 Å². The molecule has 3 rings (SSSR count). The zero-order valence-electron chi connectivity index (χ0n) is 10.9. The minimum atomic E-state index is -0.137. The lowest BCUT2D eigenvalue weighted by molar-refractivity contribution is -0.155. The van der Waals surface area contributed by atoms with Crippen LogP contribution in [-0.2, 0) is 17.6 Å². The minimum Gasteiger partial charge on any atom is -0.396 e. The van der Waals surface area contributed by atoms with Crippen LogP contribution in [0.2, 0.25) is 0 Å². The highest BCUT2D eigenvalue weighted by Gasteiger charge is 2.45. The molecule has 0 bridgehead atoms. The SMILES string of the molecule is CNC(c1ccc2c(c1)CCC2)C1(CO)COC1. The fourth-order valence-electron chi connectivity index (χ4n) is 3.31. The van der Waals surface area contributed by atoms with Crippen LogP contribution in [0.3, 0.4) is 0 Å². The highest BCUT2D eigenvalue weighted by atomic mass is 16.5. The van der Waals surface area contributed by atoms with Gasteiger partial charge in [0.1, 0.15) is 0 Å². The standard InChI is InChI=1S/C15H21NO2/c1-16-14(15(8-17)9-18-10-15)13-6-5-11-3-2-4-12(11)7-13/h5-7,14,16-17H,2-4,8-10H2,1H3. The Morgan fingerprint density at radius 3 is 2.72 bits per heavy atom. The molecule has 1 heterocycles. The summed E-state index contributed by atoms with van der Waals surface area (Å²) in [4.78, 5) is 0. The number of hydrogen-bond donors (Lipinski definition) is 2. The second-order valence-electron chi connectivity index (χ2n) is 5.62. The van der Waals surface area contributed by atoms with E-state index in [2.05, 4.69) is 23.5 Å².